The zero-order valence-corrected chi connectivity index (χ0v) is 13.7. The van der Waals surface area contributed by atoms with E-state index in [2.05, 4.69) is 5.32 Å². The smallest absolute Gasteiger partial charge is 0.305 e. The van der Waals surface area contributed by atoms with Crippen LogP contribution in [0.1, 0.15) is 50.1 Å². The highest BCUT2D eigenvalue weighted by molar-refractivity contribution is 5.80. The van der Waals surface area contributed by atoms with Gasteiger partial charge < -0.3 is 15.3 Å². The second-order valence-electron chi connectivity index (χ2n) is 6.07. The monoisotopic (exact) mass is 332 g/mol. The molecule has 130 valence electrons. The first kappa shape index (κ1) is 18.0. The van der Waals surface area contributed by atoms with Gasteiger partial charge in [0.15, 0.2) is 0 Å². The van der Waals surface area contributed by atoms with Crippen LogP contribution in [0.5, 0.6) is 0 Å². The summed E-state index contributed by atoms with van der Waals surface area (Å²) in [5.74, 6) is -1.10. The van der Waals surface area contributed by atoms with Gasteiger partial charge in [-0.3, -0.25) is 14.4 Å². The summed E-state index contributed by atoms with van der Waals surface area (Å²) < 4.78 is 0. The summed E-state index contributed by atoms with van der Waals surface area (Å²) in [6.45, 7) is 1.09. The molecule has 2 rings (SSSR count). The third kappa shape index (κ3) is 5.68. The van der Waals surface area contributed by atoms with Gasteiger partial charge in [-0.2, -0.15) is 0 Å². The Balaban J connectivity index is 1.90. The van der Waals surface area contributed by atoms with Crippen LogP contribution >= 0.6 is 0 Å². The summed E-state index contributed by atoms with van der Waals surface area (Å²) in [6, 6.07) is 8.50. The summed E-state index contributed by atoms with van der Waals surface area (Å²) in [5, 5.41) is 11.8. The molecule has 1 fully saturated rings. The number of hydrogen-bond donors (Lipinski definition) is 2. The molecule has 24 heavy (non-hydrogen) atoms. The number of rotatable bonds is 7. The van der Waals surface area contributed by atoms with Crippen LogP contribution in [0.15, 0.2) is 30.3 Å². The molecule has 6 nitrogen and oxygen atoms in total. The van der Waals surface area contributed by atoms with Gasteiger partial charge in [0.1, 0.15) is 0 Å². The van der Waals surface area contributed by atoms with E-state index in [1.54, 1.807) is 17.0 Å². The van der Waals surface area contributed by atoms with E-state index in [1.807, 2.05) is 18.2 Å². The molecule has 1 atom stereocenters. The predicted octanol–water partition coefficient (Wildman–Crippen LogP) is 2.11. The number of likely N-dealkylation sites (tertiary alicyclic amines) is 1. The normalized spacial score (nSPS) is 16.3. The Labute approximate surface area is 141 Å². The molecule has 1 heterocycles. The topological polar surface area (TPSA) is 86.7 Å². The highest BCUT2D eigenvalue weighted by Gasteiger charge is 2.20. The van der Waals surface area contributed by atoms with Gasteiger partial charge in [-0.15, -0.1) is 0 Å². The van der Waals surface area contributed by atoms with E-state index in [9.17, 15) is 14.4 Å². The predicted molar refractivity (Wildman–Crippen MR) is 89.2 cm³/mol. The quantitative estimate of drug-likeness (QED) is 0.800. The van der Waals surface area contributed by atoms with E-state index in [0.29, 0.717) is 19.5 Å². The van der Waals surface area contributed by atoms with Gasteiger partial charge in [-0.05, 0) is 18.4 Å². The highest BCUT2D eigenvalue weighted by Crippen LogP contribution is 2.17. The van der Waals surface area contributed by atoms with Gasteiger partial charge in [-0.25, -0.2) is 0 Å². The van der Waals surface area contributed by atoms with Gasteiger partial charge >= 0.3 is 5.97 Å². The van der Waals surface area contributed by atoms with Crippen LogP contribution in [-0.2, 0) is 14.4 Å². The van der Waals surface area contributed by atoms with Crippen LogP contribution in [-0.4, -0.2) is 40.9 Å². The Morgan fingerprint density at radius 3 is 2.62 bits per heavy atom. The van der Waals surface area contributed by atoms with Gasteiger partial charge in [0, 0.05) is 25.9 Å². The molecule has 0 saturated carbocycles. The third-order valence-electron chi connectivity index (χ3n) is 4.20. The zero-order chi connectivity index (χ0) is 17.4. The van der Waals surface area contributed by atoms with Crippen molar-refractivity contribution in [2.45, 2.75) is 44.6 Å². The average Bonchev–Trinajstić information content (AvgIpc) is 2.77. The summed E-state index contributed by atoms with van der Waals surface area (Å²) in [4.78, 5) is 36.9. The molecule has 0 unspecified atom stereocenters. The van der Waals surface area contributed by atoms with Crippen molar-refractivity contribution >= 4 is 17.8 Å². The van der Waals surface area contributed by atoms with Crippen LogP contribution in [0.2, 0.25) is 0 Å². The van der Waals surface area contributed by atoms with Crippen molar-refractivity contribution < 1.29 is 19.5 Å². The van der Waals surface area contributed by atoms with Crippen LogP contribution in [0.25, 0.3) is 0 Å². The van der Waals surface area contributed by atoms with Gasteiger partial charge in [0.05, 0.1) is 12.5 Å². The molecule has 2 amide bonds. The number of amides is 2. The first-order chi connectivity index (χ1) is 11.6. The summed E-state index contributed by atoms with van der Waals surface area (Å²) in [5.41, 5.74) is 0.763. The Hall–Kier alpha value is -2.37. The lowest BCUT2D eigenvalue weighted by Crippen LogP contribution is -2.36. The van der Waals surface area contributed by atoms with Crippen molar-refractivity contribution in [2.75, 3.05) is 13.1 Å². The lowest BCUT2D eigenvalue weighted by atomic mass is 10.0. The number of carboxylic acids is 1. The number of nitrogens with one attached hydrogen (secondary N) is 1. The maximum absolute atomic E-state index is 12.2. The Bertz CT molecular complexity index is 574. The standard InChI is InChI=1S/C18H24N2O4/c21-16(10-12-20-11-6-2-5-9-17(20)22)19-15(13-18(23)24)14-7-3-1-4-8-14/h1,3-4,7-8,15H,2,5-6,9-13H2,(H,19,21)(H,23,24)/t15-/m1/s1. The molecule has 1 aromatic rings. The fourth-order valence-electron chi connectivity index (χ4n) is 2.89. The maximum Gasteiger partial charge on any atom is 0.305 e. The first-order valence-corrected chi connectivity index (χ1v) is 8.40. The molecule has 1 aliphatic heterocycles. The molecule has 0 radical (unpaired) electrons. The molecule has 1 aliphatic rings. The lowest BCUT2D eigenvalue weighted by Gasteiger charge is -2.22. The minimum atomic E-state index is -0.966. The van der Waals surface area contributed by atoms with E-state index in [0.717, 1.165) is 24.8 Å². The molecule has 0 aromatic heterocycles. The second-order valence-corrected chi connectivity index (χ2v) is 6.07. The third-order valence-corrected chi connectivity index (χ3v) is 4.20. The van der Waals surface area contributed by atoms with E-state index in [4.69, 9.17) is 5.11 Å². The maximum atomic E-state index is 12.2. The fraction of sp³-hybridized carbons (Fsp3) is 0.500. The SMILES string of the molecule is O=C(O)C[C@@H](NC(=O)CCN1CCCCCC1=O)c1ccccc1. The van der Waals surface area contributed by atoms with Gasteiger partial charge in [0.25, 0.3) is 0 Å². The minimum absolute atomic E-state index is 0.102. The Morgan fingerprint density at radius 2 is 1.92 bits per heavy atom. The molecule has 1 aromatic carbocycles. The van der Waals surface area contributed by atoms with Crippen LogP contribution < -0.4 is 5.32 Å². The number of carbonyl (C=O) groups excluding carboxylic acids is 2. The molecule has 6 heteroatoms. The van der Waals surface area contributed by atoms with Crippen molar-refractivity contribution in [3.05, 3.63) is 35.9 Å². The molecule has 0 aliphatic carbocycles. The molecule has 1 saturated heterocycles. The van der Waals surface area contributed by atoms with Gasteiger partial charge in [0.2, 0.25) is 11.8 Å². The summed E-state index contributed by atoms with van der Waals surface area (Å²) >= 11 is 0. The van der Waals surface area contributed by atoms with Crippen LogP contribution in [0, 0.1) is 0 Å². The largest absolute Gasteiger partial charge is 0.481 e. The zero-order valence-electron chi connectivity index (χ0n) is 13.7. The Morgan fingerprint density at radius 1 is 1.17 bits per heavy atom. The van der Waals surface area contributed by atoms with Crippen LogP contribution in [0.3, 0.4) is 0 Å². The molecule has 0 spiro atoms. The van der Waals surface area contributed by atoms with Crippen LogP contribution in [0.4, 0.5) is 0 Å². The molecular weight excluding hydrogens is 308 g/mol. The lowest BCUT2D eigenvalue weighted by molar-refractivity contribution is -0.137. The molecule has 2 N–H and O–H groups in total. The number of aliphatic carboxylic acids is 1. The number of nitrogens with zero attached hydrogens (tertiary/aromatic N) is 1. The first-order valence-electron chi connectivity index (χ1n) is 8.40. The van der Waals surface area contributed by atoms with Crippen molar-refractivity contribution in [3.8, 4) is 0 Å². The fourth-order valence-corrected chi connectivity index (χ4v) is 2.89. The van der Waals surface area contributed by atoms with Crippen molar-refractivity contribution in [1.82, 2.24) is 10.2 Å². The number of benzene rings is 1. The second kappa shape index (κ2) is 9.05. The molecular formula is C18H24N2O4. The number of hydrogen-bond acceptors (Lipinski definition) is 3. The van der Waals surface area contributed by atoms with E-state index >= 15 is 0 Å². The van der Waals surface area contributed by atoms with E-state index in [1.165, 1.54) is 0 Å². The van der Waals surface area contributed by atoms with Crippen molar-refractivity contribution in [1.29, 1.82) is 0 Å². The minimum Gasteiger partial charge on any atom is -0.481 e. The average molecular weight is 332 g/mol. The van der Waals surface area contributed by atoms with E-state index < -0.39 is 12.0 Å². The summed E-state index contributed by atoms with van der Waals surface area (Å²) in [7, 11) is 0. The highest BCUT2D eigenvalue weighted by atomic mass is 16.4. The molecule has 0 bridgehead atoms. The summed E-state index contributed by atoms with van der Waals surface area (Å²) in [6.07, 6.45) is 3.50. The number of carboxylic acid groups (broad SMARTS) is 1. The van der Waals surface area contributed by atoms with Gasteiger partial charge in [-0.1, -0.05) is 36.8 Å². The Kier molecular flexibility index (Phi) is 6.78. The number of carbonyl (C=O) groups is 3. The van der Waals surface area contributed by atoms with Crippen molar-refractivity contribution in [3.63, 3.8) is 0 Å². The van der Waals surface area contributed by atoms with Crippen molar-refractivity contribution in [2.24, 2.45) is 0 Å². The van der Waals surface area contributed by atoms with E-state index in [-0.39, 0.29) is 24.7 Å².